The number of hydrogen-bond acceptors (Lipinski definition) is 6. The largest absolute Gasteiger partial charge is 0.497 e. The first kappa shape index (κ1) is 23.9. The van der Waals surface area contributed by atoms with Gasteiger partial charge < -0.3 is 14.6 Å². The maximum absolute atomic E-state index is 13.9. The Morgan fingerprint density at radius 3 is 2.36 bits per heavy atom. The second-order valence-corrected chi connectivity index (χ2v) is 7.75. The van der Waals surface area contributed by atoms with Crippen molar-refractivity contribution in [2.45, 2.75) is 16.5 Å². The number of benzene rings is 2. The average Bonchev–Trinajstić information content (AvgIpc) is 2.81. The zero-order valence-corrected chi connectivity index (χ0v) is 18.2. The first-order chi connectivity index (χ1) is 15.7. The molecular weight excluding hydrogens is 457 g/mol. The van der Waals surface area contributed by atoms with Crippen LogP contribution in [0.2, 0.25) is 0 Å². The molecule has 0 unspecified atom stereocenters. The van der Waals surface area contributed by atoms with Crippen molar-refractivity contribution in [3.63, 3.8) is 0 Å². The lowest BCUT2D eigenvalue weighted by molar-refractivity contribution is -0.138. The van der Waals surface area contributed by atoms with Crippen LogP contribution in [0.1, 0.15) is 21.9 Å². The summed E-state index contributed by atoms with van der Waals surface area (Å²) in [5.74, 6) is -0.656. The van der Waals surface area contributed by atoms with E-state index in [9.17, 15) is 28.3 Å². The van der Waals surface area contributed by atoms with Crippen molar-refractivity contribution in [3.8, 4) is 28.8 Å². The third-order valence-electron chi connectivity index (χ3n) is 4.64. The molecule has 3 rings (SSSR count). The molecule has 0 fully saturated rings. The van der Waals surface area contributed by atoms with Crippen molar-refractivity contribution in [3.05, 3.63) is 71.3 Å². The minimum atomic E-state index is -4.87. The van der Waals surface area contributed by atoms with Gasteiger partial charge in [-0.1, -0.05) is 42.1 Å². The molecule has 170 valence electrons. The Balaban J connectivity index is 2.24. The van der Waals surface area contributed by atoms with Crippen LogP contribution in [0.15, 0.2) is 59.6 Å². The van der Waals surface area contributed by atoms with E-state index in [-0.39, 0.29) is 22.0 Å². The van der Waals surface area contributed by atoms with Crippen molar-refractivity contribution >= 4 is 17.7 Å². The first-order valence-electron chi connectivity index (χ1n) is 9.38. The Bertz CT molecular complexity index is 1210. The van der Waals surface area contributed by atoms with Gasteiger partial charge in [-0.15, -0.1) is 0 Å². The zero-order chi connectivity index (χ0) is 24.2. The number of carboxylic acids is 1. The van der Waals surface area contributed by atoms with Crippen LogP contribution >= 0.6 is 11.8 Å². The SMILES string of the molecule is COc1ccc(-c2cc(C(F)(F)F)c(C#N)c(S[C@@H](C(=O)O)c3ccccc3)n2)c(OC)c1. The van der Waals surface area contributed by atoms with E-state index in [0.717, 1.165) is 6.07 Å². The Kier molecular flexibility index (Phi) is 7.13. The third kappa shape index (κ3) is 5.21. The molecule has 3 aromatic rings. The fourth-order valence-corrected chi connectivity index (χ4v) is 4.13. The van der Waals surface area contributed by atoms with Crippen LogP contribution in [0.5, 0.6) is 11.5 Å². The molecule has 33 heavy (non-hydrogen) atoms. The molecule has 1 atom stereocenters. The molecule has 0 spiro atoms. The number of rotatable bonds is 7. The fraction of sp³-hybridized carbons (Fsp3) is 0.174. The molecule has 1 N–H and O–H groups in total. The van der Waals surface area contributed by atoms with E-state index in [1.165, 1.54) is 32.4 Å². The number of carbonyl (C=O) groups is 1. The molecule has 0 saturated carbocycles. The van der Waals surface area contributed by atoms with Gasteiger partial charge in [-0.2, -0.15) is 18.4 Å². The molecular formula is C23H17F3N2O4S. The third-order valence-corrected chi connectivity index (χ3v) is 5.87. The highest BCUT2D eigenvalue weighted by molar-refractivity contribution is 8.00. The lowest BCUT2D eigenvalue weighted by atomic mass is 10.0. The maximum Gasteiger partial charge on any atom is 0.417 e. The number of pyridine rings is 1. The lowest BCUT2D eigenvalue weighted by Crippen LogP contribution is -2.13. The average molecular weight is 474 g/mol. The summed E-state index contributed by atoms with van der Waals surface area (Å²) < 4.78 is 52.0. The van der Waals surface area contributed by atoms with E-state index in [2.05, 4.69) is 4.98 Å². The minimum absolute atomic E-state index is 0.125. The highest BCUT2D eigenvalue weighted by atomic mass is 32.2. The summed E-state index contributed by atoms with van der Waals surface area (Å²) in [6, 6.07) is 14.8. The van der Waals surface area contributed by atoms with Crippen molar-refractivity contribution < 1.29 is 32.5 Å². The van der Waals surface area contributed by atoms with Gasteiger partial charge in [-0.3, -0.25) is 4.79 Å². The van der Waals surface area contributed by atoms with E-state index < -0.39 is 28.5 Å². The van der Waals surface area contributed by atoms with Gasteiger partial charge in [0.1, 0.15) is 27.8 Å². The van der Waals surface area contributed by atoms with Crippen LogP contribution in [0, 0.1) is 11.3 Å². The molecule has 1 aromatic heterocycles. The summed E-state index contributed by atoms with van der Waals surface area (Å²) >= 11 is 0.563. The number of thioether (sulfide) groups is 1. The van der Waals surface area contributed by atoms with Crippen LogP contribution in [-0.4, -0.2) is 30.3 Å². The van der Waals surface area contributed by atoms with E-state index in [1.807, 2.05) is 0 Å². The smallest absolute Gasteiger partial charge is 0.417 e. The lowest BCUT2D eigenvalue weighted by Gasteiger charge is -2.18. The summed E-state index contributed by atoms with van der Waals surface area (Å²) in [5, 5.41) is 17.6. The van der Waals surface area contributed by atoms with Gasteiger partial charge in [0.2, 0.25) is 0 Å². The second-order valence-electron chi connectivity index (χ2n) is 6.66. The predicted molar refractivity (Wildman–Crippen MR) is 115 cm³/mol. The number of nitriles is 1. The van der Waals surface area contributed by atoms with Crippen LogP contribution in [0.3, 0.4) is 0 Å². The molecule has 6 nitrogen and oxygen atoms in total. The Morgan fingerprint density at radius 2 is 1.82 bits per heavy atom. The number of methoxy groups -OCH3 is 2. The van der Waals surface area contributed by atoms with E-state index in [4.69, 9.17) is 9.47 Å². The minimum Gasteiger partial charge on any atom is -0.497 e. The first-order valence-corrected chi connectivity index (χ1v) is 10.3. The van der Waals surface area contributed by atoms with Crippen molar-refractivity contribution in [2.24, 2.45) is 0 Å². The molecule has 0 aliphatic carbocycles. The van der Waals surface area contributed by atoms with Gasteiger partial charge in [0.05, 0.1) is 31.0 Å². The maximum atomic E-state index is 13.9. The number of ether oxygens (including phenoxy) is 2. The molecule has 0 aliphatic heterocycles. The fourth-order valence-electron chi connectivity index (χ4n) is 3.09. The standard InChI is InChI=1S/C23H17F3N2O4S/c1-31-14-8-9-15(19(10-14)32-2)18-11-17(23(24,25)26)16(12-27)21(28-18)33-20(22(29)30)13-6-4-3-5-7-13/h3-11,20H,1-2H3,(H,29,30)/t20-/m1/s1. The van der Waals surface area contributed by atoms with Gasteiger partial charge in [0, 0.05) is 11.6 Å². The van der Waals surface area contributed by atoms with Crippen LogP contribution in [0.4, 0.5) is 13.2 Å². The quantitative estimate of drug-likeness (QED) is 0.447. The number of hydrogen-bond donors (Lipinski definition) is 1. The van der Waals surface area contributed by atoms with Crippen molar-refractivity contribution in [2.75, 3.05) is 14.2 Å². The molecule has 1 heterocycles. The van der Waals surface area contributed by atoms with Crippen LogP contribution in [0.25, 0.3) is 11.3 Å². The zero-order valence-electron chi connectivity index (χ0n) is 17.4. The second kappa shape index (κ2) is 9.83. The number of alkyl halides is 3. The monoisotopic (exact) mass is 474 g/mol. The summed E-state index contributed by atoms with van der Waals surface area (Å²) in [7, 11) is 2.78. The Hall–Kier alpha value is -3.71. The topological polar surface area (TPSA) is 92.4 Å². The number of halogens is 3. The number of aliphatic carboxylic acids is 1. The van der Waals surface area contributed by atoms with Crippen LogP contribution < -0.4 is 9.47 Å². The summed E-state index contributed by atoms with van der Waals surface area (Å²) in [4.78, 5) is 16.2. The molecule has 0 saturated heterocycles. The van der Waals surface area contributed by atoms with Gasteiger partial charge >= 0.3 is 12.1 Å². The molecule has 10 heteroatoms. The number of carboxylic acid groups (broad SMARTS) is 1. The normalized spacial score (nSPS) is 12.0. The van der Waals surface area contributed by atoms with E-state index in [0.29, 0.717) is 23.1 Å². The number of nitrogens with zero attached hydrogens (tertiary/aromatic N) is 2. The van der Waals surface area contributed by atoms with Gasteiger partial charge in [-0.25, -0.2) is 4.98 Å². The van der Waals surface area contributed by atoms with Crippen LogP contribution in [-0.2, 0) is 11.0 Å². The van der Waals surface area contributed by atoms with Crippen molar-refractivity contribution in [1.82, 2.24) is 4.98 Å². The Morgan fingerprint density at radius 1 is 1.12 bits per heavy atom. The molecule has 0 bridgehead atoms. The van der Waals surface area contributed by atoms with E-state index in [1.54, 1.807) is 36.4 Å². The predicted octanol–water partition coefficient (Wildman–Crippen LogP) is 5.57. The van der Waals surface area contributed by atoms with Gasteiger partial charge in [0.15, 0.2) is 0 Å². The van der Waals surface area contributed by atoms with E-state index >= 15 is 0 Å². The van der Waals surface area contributed by atoms with Gasteiger partial charge in [0.25, 0.3) is 0 Å². The summed E-state index contributed by atoms with van der Waals surface area (Å²) in [5.41, 5.74) is -1.51. The number of aromatic nitrogens is 1. The molecule has 0 aliphatic rings. The highest BCUT2D eigenvalue weighted by Crippen LogP contribution is 2.43. The Labute approximate surface area is 191 Å². The molecule has 2 aromatic carbocycles. The molecule has 0 radical (unpaired) electrons. The summed E-state index contributed by atoms with van der Waals surface area (Å²) in [6.45, 7) is 0. The van der Waals surface area contributed by atoms with Crippen molar-refractivity contribution in [1.29, 1.82) is 5.26 Å². The summed E-state index contributed by atoms with van der Waals surface area (Å²) in [6.07, 6.45) is -4.87. The molecule has 0 amide bonds. The van der Waals surface area contributed by atoms with Gasteiger partial charge in [-0.05, 0) is 23.8 Å². The highest BCUT2D eigenvalue weighted by Gasteiger charge is 2.37.